The molecule has 1 amide bonds. The zero-order valence-corrected chi connectivity index (χ0v) is 15.5. The Bertz CT molecular complexity index is 693. The minimum atomic E-state index is -0.0442. The lowest BCUT2D eigenvalue weighted by molar-refractivity contribution is -0.113. The normalized spacial score (nSPS) is 15.4. The molecule has 0 unspecified atom stereocenters. The minimum absolute atomic E-state index is 0.0442. The van der Waals surface area contributed by atoms with Crippen molar-refractivity contribution in [3.63, 3.8) is 0 Å². The smallest absolute Gasteiger partial charge is 0.234 e. The molecule has 1 aliphatic heterocycles. The molecule has 1 aliphatic rings. The second kappa shape index (κ2) is 8.35. The molecule has 2 aromatic rings. The van der Waals surface area contributed by atoms with Gasteiger partial charge < -0.3 is 19.7 Å². The molecule has 1 N–H and O–H groups in total. The molecule has 1 fully saturated rings. The van der Waals surface area contributed by atoms with E-state index in [1.54, 1.807) is 10.9 Å². The number of anilines is 2. The van der Waals surface area contributed by atoms with Crippen LogP contribution in [0.1, 0.15) is 6.92 Å². The molecule has 0 radical (unpaired) electrons. The molecule has 0 atom stereocenters. The monoisotopic (exact) mass is 360 g/mol. The number of piperazine rings is 1. The Labute approximate surface area is 152 Å². The second-order valence-corrected chi connectivity index (χ2v) is 6.97. The number of likely N-dealkylation sites (N-methyl/N-ethyl adjacent to an activating group) is 1. The number of thioether (sulfide) groups is 1. The van der Waals surface area contributed by atoms with Crippen molar-refractivity contribution in [2.45, 2.75) is 12.1 Å². The van der Waals surface area contributed by atoms with E-state index in [2.05, 4.69) is 44.4 Å². The Morgan fingerprint density at radius 1 is 1.20 bits per heavy atom. The summed E-state index contributed by atoms with van der Waals surface area (Å²) in [4.78, 5) is 16.9. The molecular weight excluding hydrogens is 336 g/mol. The number of benzene rings is 1. The summed E-state index contributed by atoms with van der Waals surface area (Å²) < 4.78 is 1.80. The van der Waals surface area contributed by atoms with Gasteiger partial charge in [0.2, 0.25) is 5.91 Å². The number of nitrogens with one attached hydrogen (secondary N) is 1. The van der Waals surface area contributed by atoms with Crippen LogP contribution in [0.25, 0.3) is 0 Å². The molecule has 0 saturated carbocycles. The average molecular weight is 360 g/mol. The molecular formula is C17H24N6OS. The first-order valence-electron chi connectivity index (χ1n) is 8.49. The second-order valence-electron chi connectivity index (χ2n) is 6.03. The maximum absolute atomic E-state index is 12.1. The lowest BCUT2D eigenvalue weighted by Gasteiger charge is -2.35. The maximum Gasteiger partial charge on any atom is 0.234 e. The number of rotatable bonds is 6. The summed E-state index contributed by atoms with van der Waals surface area (Å²) in [5, 5.41) is 11.4. The Morgan fingerprint density at radius 2 is 1.92 bits per heavy atom. The van der Waals surface area contributed by atoms with Crippen molar-refractivity contribution in [3.8, 4) is 0 Å². The first-order chi connectivity index (χ1) is 12.2. The van der Waals surface area contributed by atoms with E-state index in [0.29, 0.717) is 5.75 Å². The van der Waals surface area contributed by atoms with Crippen molar-refractivity contribution >= 4 is 29.0 Å². The van der Waals surface area contributed by atoms with E-state index in [9.17, 15) is 4.79 Å². The quantitative estimate of drug-likeness (QED) is 0.791. The topological polar surface area (TPSA) is 66.3 Å². The van der Waals surface area contributed by atoms with E-state index in [-0.39, 0.29) is 5.91 Å². The highest BCUT2D eigenvalue weighted by Gasteiger charge is 2.15. The van der Waals surface area contributed by atoms with E-state index < -0.39 is 0 Å². The Kier molecular flexibility index (Phi) is 5.93. The first kappa shape index (κ1) is 17.8. The number of hydrogen-bond donors (Lipinski definition) is 1. The van der Waals surface area contributed by atoms with Gasteiger partial charge in [-0.05, 0) is 30.8 Å². The SMILES string of the molecule is CCN1CCN(c2ccc(NC(=O)CSc3nncn3C)cc2)CC1. The number of nitrogens with zero attached hydrogens (tertiary/aromatic N) is 5. The number of aryl methyl sites for hydroxylation is 1. The lowest BCUT2D eigenvalue weighted by Crippen LogP contribution is -2.46. The summed E-state index contributed by atoms with van der Waals surface area (Å²) >= 11 is 1.37. The van der Waals surface area contributed by atoms with Crippen LogP contribution in [0, 0.1) is 0 Å². The van der Waals surface area contributed by atoms with Gasteiger partial charge in [0.15, 0.2) is 5.16 Å². The van der Waals surface area contributed by atoms with Crippen LogP contribution in [-0.2, 0) is 11.8 Å². The Morgan fingerprint density at radius 3 is 2.52 bits per heavy atom. The van der Waals surface area contributed by atoms with E-state index in [1.165, 1.54) is 17.4 Å². The maximum atomic E-state index is 12.1. The molecule has 2 heterocycles. The Hall–Kier alpha value is -2.06. The minimum Gasteiger partial charge on any atom is -0.369 e. The third-order valence-electron chi connectivity index (χ3n) is 4.34. The number of carbonyl (C=O) groups is 1. The highest BCUT2D eigenvalue weighted by molar-refractivity contribution is 7.99. The molecule has 25 heavy (non-hydrogen) atoms. The summed E-state index contributed by atoms with van der Waals surface area (Å²) in [6, 6.07) is 8.08. The Balaban J connectivity index is 1.49. The van der Waals surface area contributed by atoms with E-state index in [1.807, 2.05) is 19.2 Å². The molecule has 3 rings (SSSR count). The number of hydrogen-bond acceptors (Lipinski definition) is 6. The van der Waals surface area contributed by atoms with Crippen molar-refractivity contribution in [2.75, 3.05) is 48.7 Å². The van der Waals surface area contributed by atoms with Gasteiger partial charge in [0.1, 0.15) is 6.33 Å². The molecule has 0 spiro atoms. The summed E-state index contributed by atoms with van der Waals surface area (Å²) in [5.74, 6) is 0.269. The first-order valence-corrected chi connectivity index (χ1v) is 9.48. The summed E-state index contributed by atoms with van der Waals surface area (Å²) in [5.41, 5.74) is 2.03. The molecule has 134 valence electrons. The number of aromatic nitrogens is 3. The van der Waals surface area contributed by atoms with Crippen LogP contribution < -0.4 is 10.2 Å². The predicted octanol–water partition coefficient (Wildman–Crippen LogP) is 1.69. The number of carbonyl (C=O) groups excluding carboxylic acids is 1. The van der Waals surface area contributed by atoms with Gasteiger partial charge in [0.25, 0.3) is 0 Å². The standard InChI is InChI=1S/C17H24N6OS/c1-3-22-8-10-23(11-9-22)15-6-4-14(5-7-15)19-16(24)12-25-17-20-18-13-21(17)2/h4-7,13H,3,8-12H2,1-2H3,(H,19,24). The molecule has 0 aliphatic carbocycles. The molecule has 7 nitrogen and oxygen atoms in total. The van der Waals surface area contributed by atoms with Crippen molar-refractivity contribution in [1.29, 1.82) is 0 Å². The molecule has 1 aromatic carbocycles. The molecule has 1 aromatic heterocycles. The van der Waals surface area contributed by atoms with Crippen molar-refractivity contribution in [2.24, 2.45) is 7.05 Å². The van der Waals surface area contributed by atoms with Crippen LogP contribution in [-0.4, -0.2) is 64.0 Å². The molecule has 1 saturated heterocycles. The van der Waals surface area contributed by atoms with Gasteiger partial charge in [-0.15, -0.1) is 10.2 Å². The fraction of sp³-hybridized carbons (Fsp3) is 0.471. The average Bonchev–Trinajstić information content (AvgIpc) is 3.06. The summed E-state index contributed by atoms with van der Waals surface area (Å²) in [6.45, 7) is 7.63. The van der Waals surface area contributed by atoms with Gasteiger partial charge in [-0.3, -0.25) is 4.79 Å². The highest BCUT2D eigenvalue weighted by atomic mass is 32.2. The van der Waals surface area contributed by atoms with Crippen LogP contribution in [0.15, 0.2) is 35.7 Å². The summed E-state index contributed by atoms with van der Waals surface area (Å²) in [6.07, 6.45) is 1.62. The van der Waals surface area contributed by atoms with Gasteiger partial charge in [-0.2, -0.15) is 0 Å². The highest BCUT2D eigenvalue weighted by Crippen LogP contribution is 2.20. The van der Waals surface area contributed by atoms with Crippen molar-refractivity contribution < 1.29 is 4.79 Å². The van der Waals surface area contributed by atoms with E-state index in [4.69, 9.17) is 0 Å². The zero-order valence-electron chi connectivity index (χ0n) is 14.7. The van der Waals surface area contributed by atoms with Gasteiger partial charge in [0.05, 0.1) is 5.75 Å². The van der Waals surface area contributed by atoms with E-state index in [0.717, 1.165) is 43.6 Å². The van der Waals surface area contributed by atoms with Crippen LogP contribution in [0.2, 0.25) is 0 Å². The molecule has 8 heteroatoms. The van der Waals surface area contributed by atoms with Gasteiger partial charge >= 0.3 is 0 Å². The van der Waals surface area contributed by atoms with Crippen LogP contribution >= 0.6 is 11.8 Å². The fourth-order valence-electron chi connectivity index (χ4n) is 2.81. The largest absolute Gasteiger partial charge is 0.369 e. The van der Waals surface area contributed by atoms with Crippen LogP contribution in [0.4, 0.5) is 11.4 Å². The van der Waals surface area contributed by atoms with Gasteiger partial charge in [0, 0.05) is 44.6 Å². The van der Waals surface area contributed by atoms with Crippen LogP contribution in [0.3, 0.4) is 0 Å². The zero-order chi connectivity index (χ0) is 17.6. The number of amides is 1. The third-order valence-corrected chi connectivity index (χ3v) is 5.37. The van der Waals surface area contributed by atoms with Gasteiger partial charge in [-0.25, -0.2) is 0 Å². The van der Waals surface area contributed by atoms with Crippen molar-refractivity contribution in [3.05, 3.63) is 30.6 Å². The fourth-order valence-corrected chi connectivity index (χ4v) is 3.50. The third kappa shape index (κ3) is 4.73. The predicted molar refractivity (Wildman–Crippen MR) is 101 cm³/mol. The molecule has 0 bridgehead atoms. The van der Waals surface area contributed by atoms with Crippen LogP contribution in [0.5, 0.6) is 0 Å². The van der Waals surface area contributed by atoms with E-state index >= 15 is 0 Å². The summed E-state index contributed by atoms with van der Waals surface area (Å²) in [7, 11) is 1.86. The van der Waals surface area contributed by atoms with Gasteiger partial charge in [-0.1, -0.05) is 18.7 Å². The lowest BCUT2D eigenvalue weighted by atomic mass is 10.2. The van der Waals surface area contributed by atoms with Crippen molar-refractivity contribution in [1.82, 2.24) is 19.7 Å².